The van der Waals surface area contributed by atoms with Gasteiger partial charge in [-0.1, -0.05) is 0 Å². The molecule has 8 heavy (non-hydrogen) atoms. The molecule has 1 heterocycles. The summed E-state index contributed by atoms with van der Waals surface area (Å²) < 4.78 is 0. The van der Waals surface area contributed by atoms with Crippen molar-refractivity contribution >= 4 is 5.78 Å². The number of carbonyl (C=O) groups is 1. The molecule has 0 spiro atoms. The molecule has 1 atom stereocenters. The highest BCUT2D eigenvalue weighted by atomic mass is 16.3. The number of ketones is 1. The van der Waals surface area contributed by atoms with Crippen LogP contribution >= 0.6 is 0 Å². The van der Waals surface area contributed by atoms with Crippen LogP contribution in [0.2, 0.25) is 0 Å². The molecule has 1 aliphatic rings. The highest BCUT2D eigenvalue weighted by molar-refractivity contribution is 5.85. The van der Waals surface area contributed by atoms with Crippen LogP contribution in [-0.4, -0.2) is 30.1 Å². The summed E-state index contributed by atoms with van der Waals surface area (Å²) in [6.07, 6.45) is -0.809. The van der Waals surface area contributed by atoms with Crippen LogP contribution in [0.15, 0.2) is 0 Å². The lowest BCUT2D eigenvalue weighted by Crippen LogP contribution is -2.51. The van der Waals surface area contributed by atoms with E-state index in [4.69, 9.17) is 5.11 Å². The first-order valence-electron chi connectivity index (χ1n) is 2.47. The van der Waals surface area contributed by atoms with Crippen molar-refractivity contribution in [3.05, 3.63) is 0 Å². The molecule has 1 unspecified atom stereocenters. The van der Waals surface area contributed by atoms with Crippen molar-refractivity contribution < 1.29 is 9.90 Å². The minimum atomic E-state index is -0.809. The van der Waals surface area contributed by atoms with Crippen LogP contribution in [0, 0.1) is 0 Å². The number of hydrogen-bond acceptors (Lipinski definition) is 4. The summed E-state index contributed by atoms with van der Waals surface area (Å²) in [6, 6.07) is 0. The second-order valence-corrected chi connectivity index (χ2v) is 1.72. The number of carbonyl (C=O) groups excluding carboxylic acids is 1. The van der Waals surface area contributed by atoms with Gasteiger partial charge in [0.15, 0.2) is 5.78 Å². The average Bonchev–Trinajstić information content (AvgIpc) is 1.77. The third-order valence-electron chi connectivity index (χ3n) is 1.05. The summed E-state index contributed by atoms with van der Waals surface area (Å²) in [4.78, 5) is 10.4. The Morgan fingerprint density at radius 2 is 2.38 bits per heavy atom. The van der Waals surface area contributed by atoms with Crippen LogP contribution in [0.4, 0.5) is 0 Å². The monoisotopic (exact) mass is 116 g/mol. The number of β-amino-alcohol motifs (C(OH)–C–C–N with tert-alkyl or cyclic N) is 1. The lowest BCUT2D eigenvalue weighted by atomic mass is 10.2. The fourth-order valence-electron chi connectivity index (χ4n) is 0.550. The van der Waals surface area contributed by atoms with Crippen molar-refractivity contribution in [2.75, 3.05) is 13.1 Å². The molecule has 1 rings (SSSR count). The van der Waals surface area contributed by atoms with Gasteiger partial charge < -0.3 is 5.11 Å². The van der Waals surface area contributed by atoms with Crippen LogP contribution in [-0.2, 0) is 4.79 Å². The van der Waals surface area contributed by atoms with E-state index in [-0.39, 0.29) is 12.3 Å². The van der Waals surface area contributed by atoms with Gasteiger partial charge in [-0.2, -0.15) is 0 Å². The van der Waals surface area contributed by atoms with E-state index < -0.39 is 6.10 Å². The Hall–Kier alpha value is -0.450. The quantitative estimate of drug-likeness (QED) is 0.343. The van der Waals surface area contributed by atoms with Gasteiger partial charge in [0.25, 0.3) is 0 Å². The topological polar surface area (TPSA) is 61.4 Å². The molecule has 4 nitrogen and oxygen atoms in total. The zero-order valence-electron chi connectivity index (χ0n) is 4.35. The molecule has 0 aromatic carbocycles. The van der Waals surface area contributed by atoms with E-state index in [0.29, 0.717) is 6.54 Å². The molecule has 4 heteroatoms. The minimum Gasteiger partial charge on any atom is -0.384 e. The summed E-state index contributed by atoms with van der Waals surface area (Å²) in [5, 5.41) is 8.73. The second kappa shape index (κ2) is 2.21. The first-order chi connectivity index (χ1) is 3.80. The van der Waals surface area contributed by atoms with E-state index >= 15 is 0 Å². The molecule has 3 N–H and O–H groups in total. The van der Waals surface area contributed by atoms with Crippen LogP contribution < -0.4 is 10.9 Å². The molecular formula is C4H8N2O2. The number of aliphatic hydroxyl groups excluding tert-OH is 1. The van der Waals surface area contributed by atoms with Gasteiger partial charge in [-0.05, 0) is 0 Å². The molecule has 0 saturated carbocycles. The molecule has 46 valence electrons. The largest absolute Gasteiger partial charge is 0.384 e. The van der Waals surface area contributed by atoms with Crippen LogP contribution in [0.3, 0.4) is 0 Å². The van der Waals surface area contributed by atoms with Gasteiger partial charge in [-0.25, -0.2) is 0 Å². The van der Waals surface area contributed by atoms with Crippen molar-refractivity contribution in [2.24, 2.45) is 0 Å². The average molecular weight is 116 g/mol. The van der Waals surface area contributed by atoms with Gasteiger partial charge in [-0.3, -0.25) is 15.6 Å². The molecule has 0 aliphatic carbocycles. The van der Waals surface area contributed by atoms with Gasteiger partial charge in [0.2, 0.25) is 0 Å². The first kappa shape index (κ1) is 5.68. The maximum atomic E-state index is 10.4. The molecule has 0 radical (unpaired) electrons. The lowest BCUT2D eigenvalue weighted by molar-refractivity contribution is -0.128. The normalized spacial score (nSPS) is 30.6. The Morgan fingerprint density at radius 1 is 1.62 bits per heavy atom. The van der Waals surface area contributed by atoms with E-state index in [0.717, 1.165) is 0 Å². The molecular weight excluding hydrogens is 108 g/mol. The molecule has 1 saturated heterocycles. The highest BCUT2D eigenvalue weighted by Crippen LogP contribution is 1.85. The Balaban J connectivity index is 2.39. The smallest absolute Gasteiger partial charge is 0.177 e. The fraction of sp³-hybridized carbons (Fsp3) is 0.750. The number of aliphatic hydroxyl groups is 1. The van der Waals surface area contributed by atoms with Crippen LogP contribution in [0.5, 0.6) is 0 Å². The fourth-order valence-corrected chi connectivity index (χ4v) is 0.550. The number of nitrogens with one attached hydrogen (secondary N) is 2. The number of hydrazine groups is 1. The zero-order chi connectivity index (χ0) is 5.98. The second-order valence-electron chi connectivity index (χ2n) is 1.72. The summed E-state index contributed by atoms with van der Waals surface area (Å²) in [7, 11) is 0. The van der Waals surface area contributed by atoms with Crippen molar-refractivity contribution in [3.8, 4) is 0 Å². The number of hydrogen-bond donors (Lipinski definition) is 3. The molecule has 0 bridgehead atoms. The van der Waals surface area contributed by atoms with Crippen LogP contribution in [0.1, 0.15) is 0 Å². The van der Waals surface area contributed by atoms with E-state index in [1.807, 2.05) is 0 Å². The Bertz CT molecular complexity index is 104. The number of rotatable bonds is 0. The maximum Gasteiger partial charge on any atom is 0.177 e. The summed E-state index contributed by atoms with van der Waals surface area (Å²) >= 11 is 0. The third-order valence-corrected chi connectivity index (χ3v) is 1.05. The van der Waals surface area contributed by atoms with Crippen molar-refractivity contribution in [1.29, 1.82) is 0 Å². The molecule has 0 aromatic rings. The van der Waals surface area contributed by atoms with Gasteiger partial charge >= 0.3 is 0 Å². The lowest BCUT2D eigenvalue weighted by Gasteiger charge is -2.16. The molecule has 1 aliphatic heterocycles. The summed E-state index contributed by atoms with van der Waals surface area (Å²) in [6.45, 7) is 0.542. The minimum absolute atomic E-state index is 0.149. The number of Topliss-reactive ketones (excluding diaryl/α,β-unsaturated/α-hetero) is 1. The third kappa shape index (κ3) is 1.03. The van der Waals surface area contributed by atoms with Crippen molar-refractivity contribution in [2.45, 2.75) is 6.10 Å². The van der Waals surface area contributed by atoms with Gasteiger partial charge in [0.05, 0.1) is 6.54 Å². The van der Waals surface area contributed by atoms with E-state index in [1.54, 1.807) is 0 Å². The van der Waals surface area contributed by atoms with Crippen LogP contribution in [0.25, 0.3) is 0 Å². The van der Waals surface area contributed by atoms with Gasteiger partial charge in [0.1, 0.15) is 6.10 Å². The first-order valence-corrected chi connectivity index (χ1v) is 2.47. The summed E-state index contributed by atoms with van der Waals surface area (Å²) in [5.74, 6) is -0.149. The molecule has 1 fully saturated rings. The molecule has 0 amide bonds. The van der Waals surface area contributed by atoms with E-state index in [9.17, 15) is 4.79 Å². The van der Waals surface area contributed by atoms with Gasteiger partial charge in [-0.15, -0.1) is 0 Å². The SMILES string of the molecule is O=C1CNNCC1O. The Kier molecular flexibility index (Phi) is 1.57. The Morgan fingerprint density at radius 3 is 2.75 bits per heavy atom. The summed E-state index contributed by atoms with van der Waals surface area (Å²) in [5.41, 5.74) is 5.25. The van der Waals surface area contributed by atoms with Gasteiger partial charge in [0, 0.05) is 6.54 Å². The maximum absolute atomic E-state index is 10.4. The predicted molar refractivity (Wildman–Crippen MR) is 27.0 cm³/mol. The predicted octanol–water partition coefficient (Wildman–Crippen LogP) is -1.98. The molecule has 0 aromatic heterocycles. The van der Waals surface area contributed by atoms with E-state index in [1.165, 1.54) is 0 Å². The van der Waals surface area contributed by atoms with E-state index in [2.05, 4.69) is 10.9 Å². The Labute approximate surface area is 46.9 Å². The standard InChI is InChI=1S/C4H8N2O2/c7-3-1-5-6-2-4(3)8/h3,5-7H,1-2H2. The zero-order valence-corrected chi connectivity index (χ0v) is 4.35. The highest BCUT2D eigenvalue weighted by Gasteiger charge is 2.17. The van der Waals surface area contributed by atoms with Crippen molar-refractivity contribution in [1.82, 2.24) is 10.9 Å². The van der Waals surface area contributed by atoms with Crippen molar-refractivity contribution in [3.63, 3.8) is 0 Å².